The first-order valence-electron chi connectivity index (χ1n) is 9.72. The van der Waals surface area contributed by atoms with E-state index in [0.29, 0.717) is 22.6 Å². The zero-order valence-corrected chi connectivity index (χ0v) is 17.3. The van der Waals surface area contributed by atoms with Crippen LogP contribution in [0, 0.1) is 5.82 Å². The lowest BCUT2D eigenvalue weighted by atomic mass is 10.1. The quantitative estimate of drug-likeness (QED) is 0.314. The smallest absolute Gasteiger partial charge is 0.253 e. The summed E-state index contributed by atoms with van der Waals surface area (Å²) in [7, 11) is 1.53. The number of carbonyl (C=O) groups excluding carboxylic acids is 2. The van der Waals surface area contributed by atoms with Crippen molar-refractivity contribution in [3.05, 3.63) is 66.1 Å². The van der Waals surface area contributed by atoms with Gasteiger partial charge in [-0.3, -0.25) is 9.59 Å². The number of hydrogen-bond acceptors (Lipinski definition) is 6. The Morgan fingerprint density at radius 2 is 1.78 bits per heavy atom. The van der Waals surface area contributed by atoms with Crippen LogP contribution in [0.15, 0.2) is 54.7 Å². The van der Waals surface area contributed by atoms with Crippen LogP contribution in [0.1, 0.15) is 17.3 Å². The van der Waals surface area contributed by atoms with Gasteiger partial charge in [0, 0.05) is 31.5 Å². The minimum absolute atomic E-state index is 0.161. The van der Waals surface area contributed by atoms with Crippen LogP contribution >= 0.6 is 0 Å². The van der Waals surface area contributed by atoms with Crippen LogP contribution in [0.5, 0.6) is 0 Å². The first kappa shape index (κ1) is 20.8. The van der Waals surface area contributed by atoms with Gasteiger partial charge >= 0.3 is 0 Å². The number of amides is 2. The fourth-order valence-corrected chi connectivity index (χ4v) is 3.20. The lowest BCUT2D eigenvalue weighted by Gasteiger charge is -2.13. The van der Waals surface area contributed by atoms with Crippen molar-refractivity contribution in [2.45, 2.75) is 6.92 Å². The minimum atomic E-state index is -0.529. The zero-order chi connectivity index (χ0) is 22.7. The lowest BCUT2D eigenvalue weighted by molar-refractivity contribution is -0.114. The number of rotatable bonds is 6. The van der Waals surface area contributed by atoms with E-state index in [1.807, 2.05) is 0 Å². The van der Waals surface area contributed by atoms with Crippen LogP contribution in [0.3, 0.4) is 0 Å². The molecule has 0 bridgehead atoms. The Kier molecular flexibility index (Phi) is 5.67. The molecule has 162 valence electrons. The van der Waals surface area contributed by atoms with Gasteiger partial charge in [0.05, 0.1) is 16.6 Å². The van der Waals surface area contributed by atoms with Gasteiger partial charge in [0.1, 0.15) is 11.5 Å². The molecule has 0 spiro atoms. The van der Waals surface area contributed by atoms with Gasteiger partial charge in [-0.2, -0.15) is 9.97 Å². The number of fused-ring (bicyclic) bond motifs is 1. The summed E-state index contributed by atoms with van der Waals surface area (Å²) < 4.78 is 14.5. The summed E-state index contributed by atoms with van der Waals surface area (Å²) in [6.45, 7) is 1.42. The molecule has 0 aliphatic heterocycles. The van der Waals surface area contributed by atoms with E-state index in [1.165, 1.54) is 20.2 Å². The summed E-state index contributed by atoms with van der Waals surface area (Å²) in [5, 5.41) is 11.6. The number of halogens is 1. The van der Waals surface area contributed by atoms with Crippen molar-refractivity contribution in [3.63, 3.8) is 0 Å². The third-order valence-corrected chi connectivity index (χ3v) is 4.57. The molecule has 4 aromatic rings. The van der Waals surface area contributed by atoms with Crippen molar-refractivity contribution >= 4 is 51.7 Å². The third-order valence-electron chi connectivity index (χ3n) is 4.57. The van der Waals surface area contributed by atoms with Crippen molar-refractivity contribution in [2.24, 2.45) is 0 Å². The second kappa shape index (κ2) is 8.72. The fourth-order valence-electron chi connectivity index (χ4n) is 3.20. The molecule has 0 unspecified atom stereocenters. The van der Waals surface area contributed by atoms with Crippen LogP contribution in [-0.4, -0.2) is 33.8 Å². The number of anilines is 5. The molecule has 32 heavy (non-hydrogen) atoms. The van der Waals surface area contributed by atoms with Crippen molar-refractivity contribution in [2.75, 3.05) is 23.0 Å². The molecule has 0 fully saturated rings. The van der Waals surface area contributed by atoms with E-state index in [4.69, 9.17) is 0 Å². The summed E-state index contributed by atoms with van der Waals surface area (Å²) in [5.74, 6) is -0.631. The number of nitrogens with one attached hydrogen (secondary N) is 5. The highest BCUT2D eigenvalue weighted by atomic mass is 19.1. The SMILES string of the molecule is CNC(=O)c1ccccc1Nc1nc(Nc2cccc(NC(C)=O)c2)nc2[nH]cc(F)c12. The predicted molar refractivity (Wildman–Crippen MR) is 121 cm³/mol. The number of hydrogen-bond donors (Lipinski definition) is 5. The van der Waals surface area contributed by atoms with Gasteiger partial charge in [0.15, 0.2) is 5.82 Å². The highest BCUT2D eigenvalue weighted by Gasteiger charge is 2.17. The number of nitrogens with zero attached hydrogens (tertiary/aromatic N) is 2. The van der Waals surface area contributed by atoms with E-state index in [9.17, 15) is 14.0 Å². The van der Waals surface area contributed by atoms with E-state index in [0.717, 1.165) is 0 Å². The van der Waals surface area contributed by atoms with Crippen LogP contribution in [0.25, 0.3) is 11.0 Å². The summed E-state index contributed by atoms with van der Waals surface area (Å²) in [6.07, 6.45) is 1.19. The molecule has 0 radical (unpaired) electrons. The highest BCUT2D eigenvalue weighted by molar-refractivity contribution is 6.01. The largest absolute Gasteiger partial charge is 0.355 e. The number of H-pyrrole nitrogens is 1. The first-order valence-corrected chi connectivity index (χ1v) is 9.72. The Hall–Kier alpha value is -4.47. The van der Waals surface area contributed by atoms with Gasteiger partial charge < -0.3 is 26.3 Å². The van der Waals surface area contributed by atoms with Crippen LogP contribution in [0.2, 0.25) is 0 Å². The molecule has 0 atom stereocenters. The maximum absolute atomic E-state index is 14.5. The minimum Gasteiger partial charge on any atom is -0.355 e. The van der Waals surface area contributed by atoms with E-state index in [2.05, 4.69) is 36.2 Å². The number of aromatic amines is 1. The predicted octanol–water partition coefficient (Wildman–Crippen LogP) is 3.90. The molecule has 0 aliphatic carbocycles. The zero-order valence-electron chi connectivity index (χ0n) is 17.3. The Bertz CT molecular complexity index is 1320. The molecular weight excluding hydrogens is 413 g/mol. The molecule has 4 rings (SSSR count). The maximum Gasteiger partial charge on any atom is 0.253 e. The molecule has 0 saturated carbocycles. The summed E-state index contributed by atoms with van der Waals surface area (Å²) in [6, 6.07) is 13.9. The van der Waals surface area contributed by atoms with Crippen molar-refractivity contribution in [3.8, 4) is 0 Å². The lowest BCUT2D eigenvalue weighted by Crippen LogP contribution is -2.19. The van der Waals surface area contributed by atoms with Crippen LogP contribution in [-0.2, 0) is 4.79 Å². The molecule has 9 nitrogen and oxygen atoms in total. The topological polar surface area (TPSA) is 124 Å². The molecule has 2 amide bonds. The van der Waals surface area contributed by atoms with E-state index >= 15 is 0 Å². The van der Waals surface area contributed by atoms with Crippen LogP contribution < -0.4 is 21.3 Å². The number of benzene rings is 2. The Labute approximate surface area is 182 Å². The molecule has 10 heteroatoms. The summed E-state index contributed by atoms with van der Waals surface area (Å²) in [5.41, 5.74) is 2.35. The van der Waals surface area contributed by atoms with E-state index in [-0.39, 0.29) is 34.6 Å². The normalized spacial score (nSPS) is 10.6. The highest BCUT2D eigenvalue weighted by Crippen LogP contribution is 2.29. The number of carbonyl (C=O) groups is 2. The first-order chi connectivity index (χ1) is 15.4. The Morgan fingerprint density at radius 1 is 1.00 bits per heavy atom. The number of para-hydroxylation sites is 1. The van der Waals surface area contributed by atoms with Gasteiger partial charge in [0.2, 0.25) is 11.9 Å². The standard InChI is InChI=1S/C22H20FN7O2/c1-12(31)26-13-6-5-7-14(10-13)27-22-29-19-18(16(23)11-25-19)20(30-22)28-17-9-4-3-8-15(17)21(32)24-2/h3-11H,1-2H3,(H,24,32)(H,26,31)(H3,25,27,28,29,30). The van der Waals surface area contributed by atoms with E-state index < -0.39 is 5.82 Å². The molecule has 0 aliphatic rings. The maximum atomic E-state index is 14.5. The average Bonchev–Trinajstić information content (AvgIpc) is 3.14. The molecular formula is C22H20FN7O2. The molecule has 2 heterocycles. The molecule has 2 aromatic carbocycles. The van der Waals surface area contributed by atoms with Gasteiger partial charge in [-0.1, -0.05) is 18.2 Å². The summed E-state index contributed by atoms with van der Waals surface area (Å²) in [4.78, 5) is 35.1. The molecule has 2 aromatic heterocycles. The van der Waals surface area contributed by atoms with Crippen molar-refractivity contribution in [1.82, 2.24) is 20.3 Å². The Morgan fingerprint density at radius 3 is 2.56 bits per heavy atom. The van der Waals surface area contributed by atoms with Gasteiger partial charge in [0.25, 0.3) is 5.91 Å². The second-order valence-corrected chi connectivity index (χ2v) is 6.89. The second-order valence-electron chi connectivity index (χ2n) is 6.89. The third kappa shape index (κ3) is 4.33. The van der Waals surface area contributed by atoms with Crippen LogP contribution in [0.4, 0.5) is 33.2 Å². The Balaban J connectivity index is 1.72. The molecule has 5 N–H and O–H groups in total. The summed E-state index contributed by atoms with van der Waals surface area (Å²) >= 11 is 0. The van der Waals surface area contributed by atoms with Gasteiger partial charge in [-0.25, -0.2) is 4.39 Å². The molecule has 0 saturated heterocycles. The average molecular weight is 433 g/mol. The van der Waals surface area contributed by atoms with Gasteiger partial charge in [-0.15, -0.1) is 0 Å². The van der Waals surface area contributed by atoms with Gasteiger partial charge in [-0.05, 0) is 30.3 Å². The van der Waals surface area contributed by atoms with Crippen molar-refractivity contribution in [1.29, 1.82) is 0 Å². The monoisotopic (exact) mass is 433 g/mol. The van der Waals surface area contributed by atoms with Crippen molar-refractivity contribution < 1.29 is 14.0 Å². The number of aromatic nitrogens is 3. The fraction of sp³-hybridized carbons (Fsp3) is 0.0909. The van der Waals surface area contributed by atoms with E-state index in [1.54, 1.807) is 48.5 Å².